The van der Waals surface area contributed by atoms with Gasteiger partial charge in [-0.15, -0.1) is 0 Å². The monoisotopic (exact) mass is 557 g/mol. The van der Waals surface area contributed by atoms with Crippen molar-refractivity contribution in [2.45, 2.75) is 56.9 Å². The molecule has 0 saturated carbocycles. The topological polar surface area (TPSA) is 75.8 Å². The Hall–Kier alpha value is -2.58. The Morgan fingerprint density at radius 3 is 2.03 bits per heavy atom. The summed E-state index contributed by atoms with van der Waals surface area (Å²) >= 11 is 5.90. The molecule has 0 aliphatic rings. The lowest BCUT2D eigenvalue weighted by molar-refractivity contribution is -0.108. The summed E-state index contributed by atoms with van der Waals surface area (Å²) in [6.45, 7) is 8.95. The van der Waals surface area contributed by atoms with Gasteiger partial charge in [0.15, 0.2) is 0 Å². The van der Waals surface area contributed by atoms with Crippen LogP contribution in [0.1, 0.15) is 67.7 Å². The summed E-state index contributed by atoms with van der Waals surface area (Å²) in [5.74, 6) is -0.956. The zero-order valence-electron chi connectivity index (χ0n) is 22.9. The molecule has 2 unspecified atom stereocenters. The van der Waals surface area contributed by atoms with E-state index in [0.29, 0.717) is 10.5 Å². The summed E-state index contributed by atoms with van der Waals surface area (Å²) in [5, 5.41) is 6.25. The number of halogens is 2. The van der Waals surface area contributed by atoms with Crippen molar-refractivity contribution in [2.75, 3.05) is 20.6 Å². The van der Waals surface area contributed by atoms with Gasteiger partial charge in [0.05, 0.1) is 22.4 Å². The van der Waals surface area contributed by atoms with Gasteiger partial charge in [0.1, 0.15) is 22.0 Å². The van der Waals surface area contributed by atoms with E-state index in [1.807, 2.05) is 43.3 Å². The van der Waals surface area contributed by atoms with Crippen LogP contribution in [0.2, 0.25) is 5.02 Å². The summed E-state index contributed by atoms with van der Waals surface area (Å²) in [4.78, 5) is 14.9. The molecule has 0 saturated heterocycles. The number of benzene rings is 3. The van der Waals surface area contributed by atoms with E-state index in [9.17, 15) is 13.4 Å². The highest BCUT2D eigenvalue weighted by Crippen LogP contribution is 2.38. The summed E-state index contributed by atoms with van der Waals surface area (Å²) in [6, 6.07) is 16.0. The molecule has 2 atom stereocenters. The van der Waals surface area contributed by atoms with Gasteiger partial charge >= 0.3 is 0 Å². The molecule has 0 bridgehead atoms. The zero-order chi connectivity index (χ0) is 28.2. The van der Waals surface area contributed by atoms with Crippen molar-refractivity contribution in [3.05, 3.63) is 87.7 Å². The maximum absolute atomic E-state index is 14.2. The Labute approximate surface area is 231 Å². The molecule has 3 rings (SSSR count). The van der Waals surface area contributed by atoms with Crippen LogP contribution in [0, 0.1) is 5.82 Å². The molecule has 0 fully saturated rings. The van der Waals surface area contributed by atoms with Gasteiger partial charge in [0.2, 0.25) is 0 Å². The van der Waals surface area contributed by atoms with Gasteiger partial charge in [0, 0.05) is 6.54 Å². The fraction of sp³-hybridized carbons (Fsp3) is 0.367. The standard InChI is InChI=1S/C30H37ClFN3O2S/c1-19(2)26-13-23(22-9-12-28(31)29(32)15-22)14-27(20(3)4)30(26)24(18-36)16-34-38(33,37)25-10-7-21(8-11-25)17-35(5)6/h7-15,18-20,24H,16-17H2,1-6H3,(H2,33,34,37). The molecule has 0 aliphatic carbocycles. The first-order valence-electron chi connectivity index (χ1n) is 12.7. The summed E-state index contributed by atoms with van der Waals surface area (Å²) < 4.78 is 32.0. The lowest BCUT2D eigenvalue weighted by Crippen LogP contribution is -2.18. The van der Waals surface area contributed by atoms with E-state index in [4.69, 9.17) is 16.7 Å². The first kappa shape index (κ1) is 30.0. The predicted octanol–water partition coefficient (Wildman–Crippen LogP) is 7.14. The molecular formula is C30H37ClFN3O2S. The van der Waals surface area contributed by atoms with Crippen molar-refractivity contribution in [1.82, 2.24) is 4.90 Å². The van der Waals surface area contributed by atoms with Crippen molar-refractivity contribution in [3.8, 4) is 11.1 Å². The first-order chi connectivity index (χ1) is 17.8. The lowest BCUT2D eigenvalue weighted by Gasteiger charge is -2.25. The smallest absolute Gasteiger partial charge is 0.142 e. The molecule has 0 heterocycles. The molecular weight excluding hydrogens is 521 g/mol. The fourth-order valence-electron chi connectivity index (χ4n) is 4.55. The number of rotatable bonds is 10. The number of carbonyl (C=O) groups is 1. The van der Waals surface area contributed by atoms with Gasteiger partial charge < -0.3 is 9.69 Å². The zero-order valence-corrected chi connectivity index (χ0v) is 24.4. The van der Waals surface area contributed by atoms with Gasteiger partial charge in [0.25, 0.3) is 0 Å². The largest absolute Gasteiger partial charge is 0.305 e. The summed E-state index contributed by atoms with van der Waals surface area (Å²) in [5.41, 5.74) is 5.42. The van der Waals surface area contributed by atoms with Gasteiger partial charge in [-0.1, -0.05) is 69.6 Å². The quantitative estimate of drug-likeness (QED) is 0.269. The normalized spacial score (nSPS) is 14.1. The Balaban J connectivity index is 2.06. The molecule has 0 radical (unpaired) electrons. The van der Waals surface area contributed by atoms with Gasteiger partial charge in [-0.05, 0) is 83.6 Å². The van der Waals surface area contributed by atoms with Crippen molar-refractivity contribution < 1.29 is 13.4 Å². The molecule has 3 aromatic carbocycles. The Kier molecular flexibility index (Phi) is 9.87. The van der Waals surface area contributed by atoms with Gasteiger partial charge in [-0.3, -0.25) is 0 Å². The molecule has 0 amide bonds. The predicted molar refractivity (Wildman–Crippen MR) is 156 cm³/mol. The van der Waals surface area contributed by atoms with Gasteiger partial charge in [-0.25, -0.2) is 18.1 Å². The van der Waals surface area contributed by atoms with E-state index >= 15 is 0 Å². The minimum absolute atomic E-state index is 0.00730. The maximum Gasteiger partial charge on any atom is 0.142 e. The minimum Gasteiger partial charge on any atom is -0.305 e. The van der Waals surface area contributed by atoms with Crippen LogP contribution in [0.5, 0.6) is 0 Å². The van der Waals surface area contributed by atoms with Crippen LogP contribution in [0.4, 0.5) is 4.39 Å². The molecule has 204 valence electrons. The van der Waals surface area contributed by atoms with Gasteiger partial charge in [-0.2, -0.15) is 0 Å². The minimum atomic E-state index is -3.20. The Morgan fingerprint density at radius 2 is 1.55 bits per heavy atom. The number of aldehydes is 1. The third kappa shape index (κ3) is 7.08. The highest BCUT2D eigenvalue weighted by Gasteiger charge is 2.24. The number of nitrogens with zero attached hydrogens (tertiary/aromatic N) is 2. The molecule has 0 aliphatic heterocycles. The van der Waals surface area contributed by atoms with Crippen molar-refractivity contribution >= 4 is 27.8 Å². The molecule has 38 heavy (non-hydrogen) atoms. The van der Waals surface area contributed by atoms with Crippen molar-refractivity contribution in [2.24, 2.45) is 9.50 Å². The third-order valence-electron chi connectivity index (χ3n) is 6.50. The van der Waals surface area contributed by atoms with Crippen molar-refractivity contribution in [3.63, 3.8) is 0 Å². The van der Waals surface area contributed by atoms with Crippen LogP contribution in [0.3, 0.4) is 0 Å². The van der Waals surface area contributed by atoms with E-state index in [2.05, 4.69) is 32.1 Å². The van der Waals surface area contributed by atoms with Crippen LogP contribution in [-0.2, 0) is 21.3 Å². The highest BCUT2D eigenvalue weighted by molar-refractivity contribution is 7.91. The maximum atomic E-state index is 14.2. The highest BCUT2D eigenvalue weighted by atomic mass is 35.5. The number of hydrogen-bond donors (Lipinski definition) is 1. The van der Waals surface area contributed by atoms with E-state index in [-0.39, 0.29) is 23.4 Å². The molecule has 8 heteroatoms. The molecule has 0 spiro atoms. The second-order valence-corrected chi connectivity index (χ2v) is 12.8. The van der Waals surface area contributed by atoms with E-state index in [0.717, 1.165) is 40.6 Å². The van der Waals surface area contributed by atoms with Crippen molar-refractivity contribution in [1.29, 1.82) is 0 Å². The summed E-state index contributed by atoms with van der Waals surface area (Å²) in [6.07, 6.45) is 0.855. The number of carbonyl (C=O) groups excluding carboxylic acids is 1. The summed E-state index contributed by atoms with van der Waals surface area (Å²) in [7, 11) is 0.760. The third-order valence-corrected chi connectivity index (χ3v) is 8.29. The van der Waals surface area contributed by atoms with E-state index in [1.165, 1.54) is 6.07 Å². The van der Waals surface area contributed by atoms with Crippen LogP contribution >= 0.6 is 11.6 Å². The van der Waals surface area contributed by atoms with Crippen LogP contribution in [0.25, 0.3) is 11.1 Å². The molecule has 2 N–H and O–H groups in total. The number of hydrogen-bond acceptors (Lipinski definition) is 4. The Morgan fingerprint density at radius 1 is 0.974 bits per heavy atom. The fourth-order valence-corrected chi connectivity index (χ4v) is 5.72. The second-order valence-electron chi connectivity index (χ2n) is 10.5. The first-order valence-corrected chi connectivity index (χ1v) is 14.6. The van der Waals surface area contributed by atoms with Crippen LogP contribution in [-0.4, -0.2) is 36.0 Å². The average Bonchev–Trinajstić information content (AvgIpc) is 2.85. The Bertz CT molecular complexity index is 1380. The second kappa shape index (κ2) is 12.5. The van der Waals surface area contributed by atoms with Crippen LogP contribution < -0.4 is 5.14 Å². The molecule has 0 aromatic heterocycles. The SMILES string of the molecule is CC(C)c1cc(-c2ccc(Cl)c(F)c2)cc(C(C)C)c1C(C=O)CN=S(N)(=O)c1ccc(CN(C)C)cc1. The number of nitrogens with two attached hydrogens (primary N) is 1. The molecule has 5 nitrogen and oxygen atoms in total. The van der Waals surface area contributed by atoms with E-state index in [1.54, 1.807) is 24.3 Å². The average molecular weight is 558 g/mol. The van der Waals surface area contributed by atoms with Crippen LogP contribution in [0.15, 0.2) is 63.9 Å². The molecule has 3 aromatic rings. The lowest BCUT2D eigenvalue weighted by atomic mass is 9.80. The van der Waals surface area contributed by atoms with E-state index < -0.39 is 21.7 Å².